The van der Waals surface area contributed by atoms with E-state index in [1.165, 1.54) is 10.8 Å². The lowest BCUT2D eigenvalue weighted by molar-refractivity contribution is -0.0464. The van der Waals surface area contributed by atoms with Crippen LogP contribution in [0.5, 0.6) is 0 Å². The summed E-state index contributed by atoms with van der Waals surface area (Å²) in [6.07, 6.45) is -0.889. The molecule has 1 aromatic rings. The van der Waals surface area contributed by atoms with Crippen molar-refractivity contribution in [2.75, 3.05) is 26.5 Å². The van der Waals surface area contributed by atoms with Crippen LogP contribution in [-0.2, 0) is 16.0 Å². The molecule has 0 saturated carbocycles. The van der Waals surface area contributed by atoms with E-state index in [1.807, 2.05) is 0 Å². The van der Waals surface area contributed by atoms with Crippen LogP contribution in [0.3, 0.4) is 0 Å². The summed E-state index contributed by atoms with van der Waals surface area (Å²) in [5.41, 5.74) is -0.715. The van der Waals surface area contributed by atoms with E-state index in [1.54, 1.807) is 6.92 Å². The minimum absolute atomic E-state index is 0.00194. The summed E-state index contributed by atoms with van der Waals surface area (Å²) >= 11 is 0. The number of aliphatic hydroxyl groups is 2. The van der Waals surface area contributed by atoms with Crippen molar-refractivity contribution in [1.82, 2.24) is 9.13 Å². The van der Waals surface area contributed by atoms with Gasteiger partial charge in [0.15, 0.2) is 0 Å². The van der Waals surface area contributed by atoms with Gasteiger partial charge in [0, 0.05) is 18.2 Å². The van der Waals surface area contributed by atoms with Gasteiger partial charge in [0.1, 0.15) is 19.0 Å². The summed E-state index contributed by atoms with van der Waals surface area (Å²) < 4.78 is 24.6. The van der Waals surface area contributed by atoms with Gasteiger partial charge in [-0.1, -0.05) is 0 Å². The summed E-state index contributed by atoms with van der Waals surface area (Å²) in [6, 6.07) is 0. The van der Waals surface area contributed by atoms with Crippen molar-refractivity contribution in [1.29, 1.82) is 0 Å². The first-order valence-corrected chi connectivity index (χ1v) is 7.40. The molecule has 0 aliphatic carbocycles. The first-order valence-electron chi connectivity index (χ1n) is 7.40. The van der Waals surface area contributed by atoms with Crippen LogP contribution in [-0.4, -0.2) is 58.1 Å². The van der Waals surface area contributed by atoms with Gasteiger partial charge < -0.3 is 19.7 Å². The fraction of sp³-hybridized carbons (Fsp3) is 0.714. The fourth-order valence-corrected chi connectivity index (χ4v) is 2.52. The van der Waals surface area contributed by atoms with Crippen molar-refractivity contribution in [3.63, 3.8) is 0 Å². The lowest BCUT2D eigenvalue weighted by atomic mass is 10.2. The lowest BCUT2D eigenvalue weighted by Gasteiger charge is -2.17. The Kier molecular flexibility index (Phi) is 6.05. The normalized spacial score (nSPS) is 24.3. The Hall–Kier alpha value is -1.55. The van der Waals surface area contributed by atoms with Crippen LogP contribution in [0.25, 0.3) is 0 Å². The predicted octanol–water partition coefficient (Wildman–Crippen LogP) is -1.05. The van der Waals surface area contributed by atoms with Gasteiger partial charge in [0.05, 0.1) is 32.5 Å². The molecule has 2 heterocycles. The molecule has 1 saturated heterocycles. The van der Waals surface area contributed by atoms with Crippen LogP contribution in [0.2, 0.25) is 0 Å². The highest BCUT2D eigenvalue weighted by molar-refractivity contribution is 5.04. The Labute approximate surface area is 131 Å². The quantitative estimate of drug-likeness (QED) is 0.618. The smallest absolute Gasteiger partial charge is 0.333 e. The van der Waals surface area contributed by atoms with Gasteiger partial charge >= 0.3 is 5.69 Å². The number of ether oxygens (including phenoxy) is 2. The molecule has 2 rings (SSSR count). The van der Waals surface area contributed by atoms with Crippen LogP contribution in [0.1, 0.15) is 18.2 Å². The summed E-state index contributed by atoms with van der Waals surface area (Å²) in [4.78, 5) is 24.6. The monoisotopic (exact) mass is 331 g/mol. The van der Waals surface area contributed by atoms with Gasteiger partial charge in [-0.05, 0) is 6.92 Å². The number of hydrogen-bond donors (Lipinski definition) is 2. The summed E-state index contributed by atoms with van der Waals surface area (Å²) in [6.45, 7) is 0.510. The maximum Gasteiger partial charge on any atom is 0.333 e. The second-order valence-corrected chi connectivity index (χ2v) is 5.37. The topological polar surface area (TPSA) is 103 Å². The van der Waals surface area contributed by atoms with E-state index in [0.717, 1.165) is 4.57 Å². The molecule has 1 aromatic heterocycles. The van der Waals surface area contributed by atoms with Crippen LogP contribution < -0.4 is 11.2 Å². The second kappa shape index (κ2) is 7.82. The maximum absolute atomic E-state index is 12.5. The van der Waals surface area contributed by atoms with E-state index < -0.39 is 36.4 Å². The minimum Gasteiger partial charge on any atom is -0.394 e. The third-order valence-electron chi connectivity index (χ3n) is 3.74. The number of hydrogen-bond acceptors (Lipinski definition) is 6. The Morgan fingerprint density at radius 2 is 2.17 bits per heavy atom. The van der Waals surface area contributed by atoms with Crippen LogP contribution >= 0.6 is 0 Å². The fourth-order valence-electron chi connectivity index (χ4n) is 2.52. The summed E-state index contributed by atoms with van der Waals surface area (Å²) in [5.74, 6) is 0. The molecular formula is C14H21FN2O6. The number of aryl methyl sites for hydroxylation is 1. The number of alkyl halides is 1. The van der Waals surface area contributed by atoms with Gasteiger partial charge in [-0.15, -0.1) is 0 Å². The molecule has 8 nitrogen and oxygen atoms in total. The highest BCUT2D eigenvalue weighted by atomic mass is 18.2. The maximum atomic E-state index is 12.5. The second-order valence-electron chi connectivity index (χ2n) is 5.37. The minimum atomic E-state index is -0.884. The van der Waals surface area contributed by atoms with Gasteiger partial charge in [-0.25, -0.2) is 9.18 Å². The third-order valence-corrected chi connectivity index (χ3v) is 3.74. The first-order chi connectivity index (χ1) is 11.0. The molecule has 1 aliphatic heterocycles. The van der Waals surface area contributed by atoms with Crippen LogP contribution in [0.4, 0.5) is 4.39 Å². The van der Waals surface area contributed by atoms with E-state index in [0.29, 0.717) is 5.56 Å². The van der Waals surface area contributed by atoms with Gasteiger partial charge in [0.2, 0.25) is 0 Å². The molecule has 9 heteroatoms. The molecule has 3 atom stereocenters. The molecule has 0 unspecified atom stereocenters. The molecule has 0 aromatic carbocycles. The molecule has 130 valence electrons. The van der Waals surface area contributed by atoms with Gasteiger partial charge in [0.25, 0.3) is 5.56 Å². The molecule has 1 fully saturated rings. The average Bonchev–Trinajstić information content (AvgIpc) is 2.91. The number of aromatic nitrogens is 2. The van der Waals surface area contributed by atoms with E-state index in [9.17, 15) is 19.1 Å². The van der Waals surface area contributed by atoms with Crippen molar-refractivity contribution in [3.05, 3.63) is 32.6 Å². The molecule has 23 heavy (non-hydrogen) atoms. The Balaban J connectivity index is 2.26. The molecular weight excluding hydrogens is 310 g/mol. The lowest BCUT2D eigenvalue weighted by Crippen LogP contribution is -2.43. The van der Waals surface area contributed by atoms with Crippen molar-refractivity contribution in [3.8, 4) is 0 Å². The largest absolute Gasteiger partial charge is 0.394 e. The zero-order chi connectivity index (χ0) is 17.0. The SMILES string of the molecule is Cc1cn([C@H]2C[C@H](O)[C@@H](CO)O2)c(=O)n(CCOCC[18F])c1=O. The van der Waals surface area contributed by atoms with E-state index in [4.69, 9.17) is 14.6 Å². The number of rotatable bonds is 7. The zero-order valence-electron chi connectivity index (χ0n) is 12.9. The van der Waals surface area contributed by atoms with Crippen molar-refractivity contribution in [2.24, 2.45) is 0 Å². The number of halogens is 1. The Morgan fingerprint density at radius 1 is 1.43 bits per heavy atom. The molecule has 0 spiro atoms. The predicted molar refractivity (Wildman–Crippen MR) is 78.1 cm³/mol. The first kappa shape index (κ1) is 17.8. The molecule has 0 bridgehead atoms. The van der Waals surface area contributed by atoms with Crippen molar-refractivity contribution < 1.29 is 24.1 Å². The summed E-state index contributed by atoms with van der Waals surface area (Å²) in [5, 5.41) is 18.9. The molecule has 0 radical (unpaired) electrons. The Morgan fingerprint density at radius 3 is 2.78 bits per heavy atom. The van der Waals surface area contributed by atoms with Crippen LogP contribution in [0, 0.1) is 6.92 Å². The number of nitrogens with zero attached hydrogens (tertiary/aromatic N) is 2. The molecule has 2 N–H and O–H groups in total. The zero-order valence-corrected chi connectivity index (χ0v) is 12.9. The van der Waals surface area contributed by atoms with E-state index >= 15 is 0 Å². The standard InChI is InChI=1S/C14H21FN2O6/c1-9-7-17(12-6-10(19)11(8-18)23-12)14(21)16(13(9)20)3-5-22-4-2-15/h7,10-12,18-19H,2-6,8H2,1H3/t10-,11+,12+/m0/s1/i15-1. The van der Waals surface area contributed by atoms with Crippen molar-refractivity contribution >= 4 is 0 Å². The van der Waals surface area contributed by atoms with E-state index in [2.05, 4.69) is 0 Å². The highest BCUT2D eigenvalue weighted by Gasteiger charge is 2.35. The summed E-state index contributed by atoms with van der Waals surface area (Å²) in [7, 11) is 0. The van der Waals surface area contributed by atoms with Crippen molar-refractivity contribution in [2.45, 2.75) is 38.3 Å². The van der Waals surface area contributed by atoms with Crippen LogP contribution in [0.15, 0.2) is 15.8 Å². The molecule has 0 amide bonds. The third kappa shape index (κ3) is 3.86. The van der Waals surface area contributed by atoms with Gasteiger partial charge in [-0.3, -0.25) is 13.9 Å². The Bertz CT molecular complexity index is 643. The number of aliphatic hydroxyl groups excluding tert-OH is 2. The van der Waals surface area contributed by atoms with Gasteiger partial charge in [-0.2, -0.15) is 0 Å². The molecule has 1 aliphatic rings. The average molecular weight is 331 g/mol. The van der Waals surface area contributed by atoms with E-state index in [-0.39, 0.29) is 32.8 Å². The highest BCUT2D eigenvalue weighted by Crippen LogP contribution is 2.27.